The molecule has 0 radical (unpaired) electrons. The molecule has 7 heteroatoms. The summed E-state index contributed by atoms with van der Waals surface area (Å²) in [7, 11) is 0. The van der Waals surface area contributed by atoms with E-state index in [1.807, 2.05) is 66.4 Å². The SMILES string of the molecule is Cc1ccccc1C(=O)Nc1cccc(-c2cc3c(o2)CCN(C(=O)c2ccc4c(c2)OCO4)C3)c1. The monoisotopic (exact) mass is 480 g/mol. The summed E-state index contributed by atoms with van der Waals surface area (Å²) in [6.07, 6.45) is 0.634. The first kappa shape index (κ1) is 22.0. The van der Waals surface area contributed by atoms with Gasteiger partial charge in [0.1, 0.15) is 11.5 Å². The number of aryl methyl sites for hydroxylation is 1. The van der Waals surface area contributed by atoms with E-state index in [4.69, 9.17) is 13.9 Å². The summed E-state index contributed by atoms with van der Waals surface area (Å²) in [4.78, 5) is 27.7. The molecular formula is C29H24N2O5. The molecule has 2 amide bonds. The number of hydrogen-bond donors (Lipinski definition) is 1. The van der Waals surface area contributed by atoms with E-state index in [0.29, 0.717) is 53.6 Å². The largest absolute Gasteiger partial charge is 0.461 e. The lowest BCUT2D eigenvalue weighted by atomic mass is 10.1. The highest BCUT2D eigenvalue weighted by Crippen LogP contribution is 2.34. The summed E-state index contributed by atoms with van der Waals surface area (Å²) in [5, 5.41) is 2.98. The van der Waals surface area contributed by atoms with Crippen molar-refractivity contribution in [2.24, 2.45) is 0 Å². The van der Waals surface area contributed by atoms with E-state index in [-0.39, 0.29) is 18.6 Å². The van der Waals surface area contributed by atoms with Crippen molar-refractivity contribution < 1.29 is 23.5 Å². The van der Waals surface area contributed by atoms with Crippen LogP contribution in [0, 0.1) is 6.92 Å². The molecule has 0 spiro atoms. The summed E-state index contributed by atoms with van der Waals surface area (Å²) in [6.45, 7) is 3.13. The maximum absolute atomic E-state index is 13.1. The van der Waals surface area contributed by atoms with E-state index in [1.54, 1.807) is 18.2 Å². The van der Waals surface area contributed by atoms with E-state index in [2.05, 4.69) is 5.32 Å². The standard InChI is InChI=1S/C29H24N2O5/c1-18-5-2-3-8-23(18)28(32)30-22-7-4-6-19(13-22)26-15-21-16-31(12-11-24(21)36-26)29(33)20-9-10-25-27(14-20)35-17-34-25/h2-10,13-15H,11-12,16-17H2,1H3,(H,30,32). The van der Waals surface area contributed by atoms with Gasteiger partial charge in [-0.1, -0.05) is 30.3 Å². The minimum Gasteiger partial charge on any atom is -0.461 e. The first-order chi connectivity index (χ1) is 17.5. The van der Waals surface area contributed by atoms with Crippen LogP contribution in [-0.4, -0.2) is 30.1 Å². The van der Waals surface area contributed by atoms with Crippen molar-refractivity contribution in [2.75, 3.05) is 18.7 Å². The van der Waals surface area contributed by atoms with Crippen LogP contribution in [0.2, 0.25) is 0 Å². The molecule has 4 aromatic rings. The number of hydrogen-bond acceptors (Lipinski definition) is 5. The normalized spacial score (nSPS) is 13.9. The zero-order valence-electron chi connectivity index (χ0n) is 19.7. The molecule has 3 aromatic carbocycles. The number of carbonyl (C=O) groups is 2. The Kier molecular flexibility index (Phi) is 5.45. The number of furan rings is 1. The van der Waals surface area contributed by atoms with Crippen LogP contribution in [0.1, 0.15) is 37.6 Å². The summed E-state index contributed by atoms with van der Waals surface area (Å²) >= 11 is 0. The van der Waals surface area contributed by atoms with Crippen LogP contribution in [0.3, 0.4) is 0 Å². The number of fused-ring (bicyclic) bond motifs is 2. The molecule has 1 N–H and O–H groups in total. The number of amides is 2. The minimum atomic E-state index is -0.151. The second-order valence-electron chi connectivity index (χ2n) is 8.95. The Balaban J connectivity index is 1.19. The molecule has 3 heterocycles. The van der Waals surface area contributed by atoms with Gasteiger partial charge in [-0.2, -0.15) is 0 Å². The van der Waals surface area contributed by atoms with Gasteiger partial charge in [0.25, 0.3) is 11.8 Å². The first-order valence-corrected chi connectivity index (χ1v) is 11.8. The molecule has 0 saturated heterocycles. The third kappa shape index (κ3) is 4.09. The Morgan fingerprint density at radius 3 is 2.67 bits per heavy atom. The number of anilines is 1. The summed E-state index contributed by atoms with van der Waals surface area (Å²) < 4.78 is 16.9. The van der Waals surface area contributed by atoms with Crippen molar-refractivity contribution in [1.82, 2.24) is 4.90 Å². The molecule has 6 rings (SSSR count). The fourth-order valence-corrected chi connectivity index (χ4v) is 4.64. The molecule has 180 valence electrons. The lowest BCUT2D eigenvalue weighted by Gasteiger charge is -2.26. The van der Waals surface area contributed by atoms with E-state index in [9.17, 15) is 9.59 Å². The van der Waals surface area contributed by atoms with Crippen LogP contribution in [0.5, 0.6) is 11.5 Å². The van der Waals surface area contributed by atoms with Gasteiger partial charge in [0.2, 0.25) is 6.79 Å². The lowest BCUT2D eigenvalue weighted by Crippen LogP contribution is -2.35. The molecular weight excluding hydrogens is 456 g/mol. The Bertz CT molecular complexity index is 1490. The van der Waals surface area contributed by atoms with Crippen LogP contribution in [0.4, 0.5) is 5.69 Å². The zero-order chi connectivity index (χ0) is 24.6. The third-order valence-electron chi connectivity index (χ3n) is 6.57. The maximum atomic E-state index is 13.1. The maximum Gasteiger partial charge on any atom is 0.255 e. The number of benzene rings is 3. The van der Waals surface area contributed by atoms with Crippen LogP contribution < -0.4 is 14.8 Å². The number of carbonyl (C=O) groups excluding carboxylic acids is 2. The van der Waals surface area contributed by atoms with Gasteiger partial charge in [-0.3, -0.25) is 9.59 Å². The van der Waals surface area contributed by atoms with E-state index in [1.165, 1.54) is 0 Å². The van der Waals surface area contributed by atoms with Gasteiger partial charge in [-0.25, -0.2) is 0 Å². The summed E-state index contributed by atoms with van der Waals surface area (Å²) in [6, 6.07) is 22.3. The summed E-state index contributed by atoms with van der Waals surface area (Å²) in [5.41, 5.74) is 4.67. The molecule has 0 bridgehead atoms. The second kappa shape index (κ2) is 8.92. The molecule has 36 heavy (non-hydrogen) atoms. The number of nitrogens with zero attached hydrogens (tertiary/aromatic N) is 1. The Morgan fingerprint density at radius 2 is 1.78 bits per heavy atom. The Morgan fingerprint density at radius 1 is 0.917 bits per heavy atom. The lowest BCUT2D eigenvalue weighted by molar-refractivity contribution is 0.0729. The van der Waals surface area contributed by atoms with Crippen LogP contribution in [-0.2, 0) is 13.0 Å². The van der Waals surface area contributed by atoms with E-state index >= 15 is 0 Å². The third-order valence-corrected chi connectivity index (χ3v) is 6.57. The smallest absolute Gasteiger partial charge is 0.255 e. The minimum absolute atomic E-state index is 0.0531. The van der Waals surface area contributed by atoms with E-state index < -0.39 is 0 Å². The molecule has 2 aliphatic rings. The summed E-state index contributed by atoms with van der Waals surface area (Å²) in [5.74, 6) is 2.64. The average Bonchev–Trinajstić information content (AvgIpc) is 3.54. The topological polar surface area (TPSA) is 81.0 Å². The molecule has 0 saturated carbocycles. The van der Waals surface area contributed by atoms with Gasteiger partial charge in [-0.15, -0.1) is 0 Å². The van der Waals surface area contributed by atoms with Crippen molar-refractivity contribution in [3.63, 3.8) is 0 Å². The number of nitrogens with one attached hydrogen (secondary N) is 1. The molecule has 2 aliphatic heterocycles. The van der Waals surface area contributed by atoms with Crippen molar-refractivity contribution >= 4 is 17.5 Å². The average molecular weight is 481 g/mol. The molecule has 0 fully saturated rings. The van der Waals surface area contributed by atoms with Crippen molar-refractivity contribution in [3.8, 4) is 22.8 Å². The molecule has 0 atom stereocenters. The van der Waals surface area contributed by atoms with Gasteiger partial charge in [0, 0.05) is 47.5 Å². The highest BCUT2D eigenvalue weighted by molar-refractivity contribution is 6.05. The van der Waals surface area contributed by atoms with Crippen LogP contribution >= 0.6 is 0 Å². The fraction of sp³-hybridized carbons (Fsp3) is 0.172. The highest BCUT2D eigenvalue weighted by atomic mass is 16.7. The number of ether oxygens (including phenoxy) is 2. The molecule has 0 aliphatic carbocycles. The van der Waals surface area contributed by atoms with Gasteiger partial charge in [-0.05, 0) is 55.0 Å². The quantitative estimate of drug-likeness (QED) is 0.421. The Labute approximate surface area is 208 Å². The van der Waals surface area contributed by atoms with Gasteiger partial charge >= 0.3 is 0 Å². The van der Waals surface area contributed by atoms with E-state index in [0.717, 1.165) is 22.5 Å². The predicted octanol–water partition coefficient (Wildman–Crippen LogP) is 5.43. The Hall–Kier alpha value is -4.52. The molecule has 1 aromatic heterocycles. The van der Waals surface area contributed by atoms with Gasteiger partial charge in [0.15, 0.2) is 11.5 Å². The van der Waals surface area contributed by atoms with Crippen molar-refractivity contribution in [3.05, 3.63) is 101 Å². The molecule has 0 unspecified atom stereocenters. The molecule has 7 nitrogen and oxygen atoms in total. The van der Waals surface area contributed by atoms with Gasteiger partial charge < -0.3 is 24.1 Å². The number of rotatable bonds is 4. The predicted molar refractivity (Wildman–Crippen MR) is 134 cm³/mol. The second-order valence-corrected chi connectivity index (χ2v) is 8.95. The van der Waals surface area contributed by atoms with Crippen molar-refractivity contribution in [2.45, 2.75) is 19.9 Å². The van der Waals surface area contributed by atoms with Crippen LogP contribution in [0.25, 0.3) is 11.3 Å². The van der Waals surface area contributed by atoms with Crippen molar-refractivity contribution in [1.29, 1.82) is 0 Å². The van der Waals surface area contributed by atoms with Gasteiger partial charge in [0.05, 0.1) is 0 Å². The highest BCUT2D eigenvalue weighted by Gasteiger charge is 2.26. The zero-order valence-corrected chi connectivity index (χ0v) is 19.7. The van der Waals surface area contributed by atoms with Crippen LogP contribution in [0.15, 0.2) is 77.2 Å². The first-order valence-electron chi connectivity index (χ1n) is 11.8. The fourth-order valence-electron chi connectivity index (χ4n) is 4.64.